The molecule has 0 saturated heterocycles. The molecular formula is C18H30N2O. The van der Waals surface area contributed by atoms with E-state index in [1.165, 1.54) is 18.4 Å². The number of nitrogens with zero attached hydrogens (tertiary/aromatic N) is 1. The van der Waals surface area contributed by atoms with Gasteiger partial charge in [0.05, 0.1) is 0 Å². The molecule has 1 N–H and O–H groups in total. The third-order valence-corrected chi connectivity index (χ3v) is 4.60. The van der Waals surface area contributed by atoms with Crippen LogP contribution in [0.15, 0.2) is 12.1 Å². The first-order valence-electron chi connectivity index (χ1n) is 8.28. The third-order valence-electron chi connectivity index (χ3n) is 4.60. The molecule has 3 nitrogen and oxygen atoms in total. The molecule has 21 heavy (non-hydrogen) atoms. The lowest BCUT2D eigenvalue weighted by Crippen LogP contribution is -2.36. The normalized spacial score (nSPS) is 26.1. The molecule has 1 saturated carbocycles. The summed E-state index contributed by atoms with van der Waals surface area (Å²) in [5, 5.41) is 3.19. The SMILES string of the molecule is CNCc1cc(C)nc(OC2CC(C)CCC2C(C)C)c1. The molecule has 2 rings (SSSR count). The van der Waals surface area contributed by atoms with Crippen LogP contribution in [0, 0.1) is 24.7 Å². The molecule has 0 aliphatic heterocycles. The van der Waals surface area contributed by atoms with Crippen molar-refractivity contribution in [2.45, 2.75) is 59.6 Å². The second kappa shape index (κ2) is 7.26. The Morgan fingerprint density at radius 1 is 1.33 bits per heavy atom. The minimum absolute atomic E-state index is 0.311. The van der Waals surface area contributed by atoms with Crippen LogP contribution in [0.1, 0.15) is 51.3 Å². The number of rotatable bonds is 5. The third kappa shape index (κ3) is 4.44. The predicted octanol–water partition coefficient (Wildman–Crippen LogP) is 3.95. The van der Waals surface area contributed by atoms with Gasteiger partial charge in [-0.25, -0.2) is 4.98 Å². The lowest BCUT2D eigenvalue weighted by atomic mass is 9.75. The van der Waals surface area contributed by atoms with Gasteiger partial charge >= 0.3 is 0 Å². The molecule has 1 aliphatic rings. The lowest BCUT2D eigenvalue weighted by Gasteiger charge is -2.37. The molecule has 0 spiro atoms. The van der Waals surface area contributed by atoms with Gasteiger partial charge in [-0.1, -0.05) is 27.2 Å². The van der Waals surface area contributed by atoms with Crippen LogP contribution in [-0.4, -0.2) is 18.1 Å². The monoisotopic (exact) mass is 290 g/mol. The van der Waals surface area contributed by atoms with E-state index in [-0.39, 0.29) is 0 Å². The molecule has 3 unspecified atom stereocenters. The zero-order valence-electron chi connectivity index (χ0n) is 14.1. The van der Waals surface area contributed by atoms with Crippen molar-refractivity contribution in [1.82, 2.24) is 10.3 Å². The summed E-state index contributed by atoms with van der Waals surface area (Å²) in [5.74, 6) is 2.87. The van der Waals surface area contributed by atoms with E-state index < -0.39 is 0 Å². The maximum absolute atomic E-state index is 6.33. The molecule has 1 aromatic heterocycles. The molecule has 0 aromatic carbocycles. The van der Waals surface area contributed by atoms with Gasteiger partial charge in [0.25, 0.3) is 0 Å². The van der Waals surface area contributed by atoms with Crippen molar-refractivity contribution < 1.29 is 4.74 Å². The summed E-state index contributed by atoms with van der Waals surface area (Å²) in [6.07, 6.45) is 4.07. The smallest absolute Gasteiger partial charge is 0.214 e. The minimum Gasteiger partial charge on any atom is -0.474 e. The Kier molecular flexibility index (Phi) is 5.63. The van der Waals surface area contributed by atoms with Crippen molar-refractivity contribution in [3.8, 4) is 5.88 Å². The first-order valence-corrected chi connectivity index (χ1v) is 8.28. The Labute approximate surface area is 129 Å². The van der Waals surface area contributed by atoms with Crippen LogP contribution in [0.25, 0.3) is 0 Å². The number of aryl methyl sites for hydroxylation is 1. The summed E-state index contributed by atoms with van der Waals surface area (Å²) < 4.78 is 6.33. The summed E-state index contributed by atoms with van der Waals surface area (Å²) in [5.41, 5.74) is 2.27. The van der Waals surface area contributed by atoms with Gasteiger partial charge in [0, 0.05) is 18.3 Å². The first-order chi connectivity index (χ1) is 9.99. The quantitative estimate of drug-likeness (QED) is 0.891. The Bertz CT molecular complexity index is 459. The number of hydrogen-bond donors (Lipinski definition) is 1. The molecule has 1 heterocycles. The minimum atomic E-state index is 0.311. The van der Waals surface area contributed by atoms with E-state index in [0.717, 1.165) is 30.5 Å². The molecule has 0 amide bonds. The topological polar surface area (TPSA) is 34.2 Å². The van der Waals surface area contributed by atoms with Crippen molar-refractivity contribution in [2.75, 3.05) is 7.05 Å². The van der Waals surface area contributed by atoms with E-state index in [0.29, 0.717) is 17.9 Å². The summed E-state index contributed by atoms with van der Waals surface area (Å²) in [6.45, 7) is 9.85. The van der Waals surface area contributed by atoms with Crippen LogP contribution in [0.4, 0.5) is 0 Å². The van der Waals surface area contributed by atoms with E-state index >= 15 is 0 Å². The number of aromatic nitrogens is 1. The van der Waals surface area contributed by atoms with Crippen molar-refractivity contribution in [1.29, 1.82) is 0 Å². The zero-order chi connectivity index (χ0) is 15.4. The van der Waals surface area contributed by atoms with Gasteiger partial charge in [-0.05, 0) is 56.2 Å². The fourth-order valence-corrected chi connectivity index (χ4v) is 3.48. The second-order valence-electron chi connectivity index (χ2n) is 6.97. The highest BCUT2D eigenvalue weighted by molar-refractivity contribution is 5.24. The van der Waals surface area contributed by atoms with E-state index in [9.17, 15) is 0 Å². The first kappa shape index (κ1) is 16.3. The Balaban J connectivity index is 2.14. The maximum atomic E-state index is 6.33. The summed E-state index contributed by atoms with van der Waals surface area (Å²) in [6, 6.07) is 4.20. The van der Waals surface area contributed by atoms with Gasteiger partial charge in [-0.3, -0.25) is 0 Å². The standard InChI is InChI=1S/C18H30N2O/c1-12(2)16-7-6-13(3)8-17(16)21-18-10-15(11-19-5)9-14(4)20-18/h9-10,12-13,16-17,19H,6-8,11H2,1-5H3. The number of ether oxygens (including phenoxy) is 1. The van der Waals surface area contributed by atoms with Gasteiger partial charge in [0.15, 0.2) is 0 Å². The summed E-state index contributed by atoms with van der Waals surface area (Å²) >= 11 is 0. The van der Waals surface area contributed by atoms with E-state index in [2.05, 4.69) is 43.2 Å². The van der Waals surface area contributed by atoms with Crippen LogP contribution in [0.3, 0.4) is 0 Å². The molecule has 3 atom stereocenters. The molecule has 1 aromatic rings. The Morgan fingerprint density at radius 3 is 2.76 bits per heavy atom. The molecule has 1 aliphatic carbocycles. The molecule has 0 radical (unpaired) electrons. The van der Waals surface area contributed by atoms with Crippen molar-refractivity contribution in [3.63, 3.8) is 0 Å². The van der Waals surface area contributed by atoms with Gasteiger partial charge < -0.3 is 10.1 Å². The summed E-state index contributed by atoms with van der Waals surface area (Å²) in [4.78, 5) is 4.58. The largest absolute Gasteiger partial charge is 0.474 e. The fraction of sp³-hybridized carbons (Fsp3) is 0.722. The van der Waals surface area contributed by atoms with E-state index in [1.54, 1.807) is 0 Å². The molecular weight excluding hydrogens is 260 g/mol. The molecule has 1 fully saturated rings. The molecule has 118 valence electrons. The number of pyridine rings is 1. The number of hydrogen-bond acceptors (Lipinski definition) is 3. The van der Waals surface area contributed by atoms with Gasteiger partial charge in [0.1, 0.15) is 6.10 Å². The maximum Gasteiger partial charge on any atom is 0.214 e. The van der Waals surface area contributed by atoms with Gasteiger partial charge in [-0.15, -0.1) is 0 Å². The van der Waals surface area contributed by atoms with Gasteiger partial charge in [0.2, 0.25) is 5.88 Å². The van der Waals surface area contributed by atoms with Crippen molar-refractivity contribution in [3.05, 3.63) is 23.4 Å². The highest BCUT2D eigenvalue weighted by atomic mass is 16.5. The number of nitrogens with one attached hydrogen (secondary N) is 1. The van der Waals surface area contributed by atoms with E-state index in [1.807, 2.05) is 14.0 Å². The van der Waals surface area contributed by atoms with Crippen LogP contribution in [-0.2, 0) is 6.54 Å². The van der Waals surface area contributed by atoms with Crippen LogP contribution >= 0.6 is 0 Å². The van der Waals surface area contributed by atoms with Crippen molar-refractivity contribution >= 4 is 0 Å². The Morgan fingerprint density at radius 2 is 2.10 bits per heavy atom. The highest BCUT2D eigenvalue weighted by Crippen LogP contribution is 2.35. The lowest BCUT2D eigenvalue weighted by molar-refractivity contribution is 0.0425. The van der Waals surface area contributed by atoms with E-state index in [4.69, 9.17) is 4.74 Å². The van der Waals surface area contributed by atoms with Crippen LogP contribution in [0.5, 0.6) is 5.88 Å². The second-order valence-corrected chi connectivity index (χ2v) is 6.97. The van der Waals surface area contributed by atoms with Crippen molar-refractivity contribution in [2.24, 2.45) is 17.8 Å². The average Bonchev–Trinajstić information content (AvgIpc) is 2.38. The van der Waals surface area contributed by atoms with Crippen LogP contribution in [0.2, 0.25) is 0 Å². The zero-order valence-corrected chi connectivity index (χ0v) is 14.1. The van der Waals surface area contributed by atoms with Gasteiger partial charge in [-0.2, -0.15) is 0 Å². The highest BCUT2D eigenvalue weighted by Gasteiger charge is 2.32. The molecule has 3 heteroatoms. The van der Waals surface area contributed by atoms with Crippen LogP contribution < -0.4 is 10.1 Å². The predicted molar refractivity (Wildman–Crippen MR) is 87.5 cm³/mol. The average molecular weight is 290 g/mol. The fourth-order valence-electron chi connectivity index (χ4n) is 3.48. The molecule has 0 bridgehead atoms. The Hall–Kier alpha value is -1.09. The summed E-state index contributed by atoms with van der Waals surface area (Å²) in [7, 11) is 1.97.